The second kappa shape index (κ2) is 3.18. The molecule has 3 heteroatoms. The van der Waals surface area contributed by atoms with Crippen LogP contribution in [0.15, 0.2) is 29.7 Å². The van der Waals surface area contributed by atoms with Gasteiger partial charge in [-0.2, -0.15) is 0 Å². The fourth-order valence-electron chi connectivity index (χ4n) is 1.75. The Hall–Kier alpha value is -1.77. The lowest BCUT2D eigenvalue weighted by molar-refractivity contribution is 1.19. The molecule has 2 aromatic rings. The van der Waals surface area contributed by atoms with Crippen molar-refractivity contribution in [2.45, 2.75) is 13.3 Å². The largest absolute Gasteiger partial charge is 0.358 e. The number of hydrogen-bond acceptors (Lipinski definition) is 1. The third-order valence-corrected chi connectivity index (χ3v) is 2.39. The summed E-state index contributed by atoms with van der Waals surface area (Å²) >= 11 is 0. The van der Waals surface area contributed by atoms with Crippen molar-refractivity contribution in [1.82, 2.24) is 9.97 Å². The third kappa shape index (κ3) is 1.18. The summed E-state index contributed by atoms with van der Waals surface area (Å²) in [5, 5.41) is 0.755. The molecule has 0 spiro atoms. The molecule has 2 aromatic heterocycles. The van der Waals surface area contributed by atoms with Gasteiger partial charge in [-0.25, -0.2) is 0 Å². The number of aryl methyl sites for hydroxylation is 1. The smallest absolute Gasteiger partial charge is 0.257 e. The lowest BCUT2D eigenvalue weighted by Gasteiger charge is -1.94. The average Bonchev–Trinajstić information content (AvgIpc) is 2.45. The number of allylic oxidation sites excluding steroid dienone is 1. The highest BCUT2D eigenvalue weighted by Gasteiger charge is 2.09. The Labute approximate surface area is 81.5 Å². The normalized spacial score (nSPS) is 10.6. The van der Waals surface area contributed by atoms with Crippen molar-refractivity contribution in [2.24, 2.45) is 0 Å². The van der Waals surface area contributed by atoms with E-state index in [0.29, 0.717) is 0 Å². The quantitative estimate of drug-likeness (QED) is 0.695. The second-order valence-corrected chi connectivity index (χ2v) is 3.32. The first-order valence-corrected chi connectivity index (χ1v) is 4.53. The summed E-state index contributed by atoms with van der Waals surface area (Å²) in [6.07, 6.45) is 4.18. The summed E-state index contributed by atoms with van der Waals surface area (Å²) in [4.78, 5) is 17.4. The van der Waals surface area contributed by atoms with Crippen molar-refractivity contribution >= 4 is 10.9 Å². The topological polar surface area (TPSA) is 48.6 Å². The van der Waals surface area contributed by atoms with Crippen LogP contribution in [0.5, 0.6) is 0 Å². The van der Waals surface area contributed by atoms with Gasteiger partial charge < -0.3 is 9.97 Å². The van der Waals surface area contributed by atoms with E-state index in [1.807, 2.05) is 19.1 Å². The minimum Gasteiger partial charge on any atom is -0.358 e. The maximum Gasteiger partial charge on any atom is 0.257 e. The third-order valence-electron chi connectivity index (χ3n) is 2.39. The maximum absolute atomic E-state index is 11.6. The minimum absolute atomic E-state index is 0.0382. The van der Waals surface area contributed by atoms with Crippen molar-refractivity contribution in [3.63, 3.8) is 0 Å². The van der Waals surface area contributed by atoms with Crippen molar-refractivity contribution in [1.29, 1.82) is 0 Å². The van der Waals surface area contributed by atoms with Gasteiger partial charge in [0.15, 0.2) is 0 Å². The van der Waals surface area contributed by atoms with Gasteiger partial charge in [0.2, 0.25) is 0 Å². The molecule has 72 valence electrons. The molecule has 0 saturated carbocycles. The van der Waals surface area contributed by atoms with E-state index < -0.39 is 0 Å². The fourth-order valence-corrected chi connectivity index (χ4v) is 1.75. The SMILES string of the molecule is C=CCc1c(C)[nH]c2cc[nH]c(=O)c12. The van der Waals surface area contributed by atoms with Crippen LogP contribution in [-0.4, -0.2) is 9.97 Å². The molecule has 3 nitrogen and oxygen atoms in total. The van der Waals surface area contributed by atoms with E-state index in [9.17, 15) is 4.79 Å². The first kappa shape index (κ1) is 8.81. The number of aromatic nitrogens is 2. The standard InChI is InChI=1S/C11H12N2O/c1-3-4-8-7(2)13-9-5-6-12-11(14)10(8)9/h3,5-6,13H,1,4H2,2H3,(H,12,14). The molecule has 2 N–H and O–H groups in total. The minimum atomic E-state index is -0.0382. The van der Waals surface area contributed by atoms with E-state index in [-0.39, 0.29) is 5.56 Å². The number of nitrogens with one attached hydrogen (secondary N) is 2. The van der Waals surface area contributed by atoms with E-state index >= 15 is 0 Å². The van der Waals surface area contributed by atoms with Crippen molar-refractivity contribution in [3.05, 3.63) is 46.5 Å². The lowest BCUT2D eigenvalue weighted by Crippen LogP contribution is -2.05. The summed E-state index contributed by atoms with van der Waals surface area (Å²) in [5.41, 5.74) is 2.93. The molecular formula is C11H12N2O. The highest BCUT2D eigenvalue weighted by molar-refractivity contribution is 5.83. The van der Waals surface area contributed by atoms with Gasteiger partial charge in [-0.3, -0.25) is 4.79 Å². The zero-order valence-corrected chi connectivity index (χ0v) is 8.05. The lowest BCUT2D eigenvalue weighted by atomic mass is 10.1. The van der Waals surface area contributed by atoms with Gasteiger partial charge in [-0.1, -0.05) is 6.08 Å². The highest BCUT2D eigenvalue weighted by atomic mass is 16.1. The van der Waals surface area contributed by atoms with Crippen LogP contribution < -0.4 is 5.56 Å². The summed E-state index contributed by atoms with van der Waals surface area (Å²) in [5.74, 6) is 0. The van der Waals surface area contributed by atoms with Gasteiger partial charge in [-0.05, 0) is 25.0 Å². The van der Waals surface area contributed by atoms with Crippen LogP contribution in [0.4, 0.5) is 0 Å². The molecule has 2 heterocycles. The van der Waals surface area contributed by atoms with E-state index in [0.717, 1.165) is 28.6 Å². The number of pyridine rings is 1. The van der Waals surface area contributed by atoms with Crippen molar-refractivity contribution in [2.75, 3.05) is 0 Å². The molecule has 2 rings (SSSR count). The fraction of sp³-hybridized carbons (Fsp3) is 0.182. The molecule has 0 amide bonds. The number of aromatic amines is 2. The zero-order valence-electron chi connectivity index (χ0n) is 8.05. The van der Waals surface area contributed by atoms with Crippen molar-refractivity contribution < 1.29 is 0 Å². The number of hydrogen-bond donors (Lipinski definition) is 2. The van der Waals surface area contributed by atoms with Crippen LogP contribution in [0.2, 0.25) is 0 Å². The van der Waals surface area contributed by atoms with Gasteiger partial charge in [0.05, 0.1) is 10.9 Å². The van der Waals surface area contributed by atoms with Crippen LogP contribution in [0, 0.1) is 6.92 Å². The summed E-state index contributed by atoms with van der Waals surface area (Å²) in [6, 6.07) is 1.87. The van der Waals surface area contributed by atoms with E-state index in [1.165, 1.54) is 0 Å². The molecule has 0 unspecified atom stereocenters. The van der Waals surface area contributed by atoms with Crippen LogP contribution in [0.3, 0.4) is 0 Å². The Bertz CT molecular complexity index is 534. The summed E-state index contributed by atoms with van der Waals surface area (Å²) < 4.78 is 0. The number of H-pyrrole nitrogens is 2. The molecule has 0 aliphatic carbocycles. The molecule has 0 aromatic carbocycles. The first-order chi connectivity index (χ1) is 6.74. The Morgan fingerprint density at radius 1 is 1.57 bits per heavy atom. The number of fused-ring (bicyclic) bond motifs is 1. The molecule has 0 atom stereocenters. The van der Waals surface area contributed by atoms with Crippen LogP contribution in [0.25, 0.3) is 10.9 Å². The zero-order chi connectivity index (χ0) is 10.1. The molecule has 0 aliphatic rings. The Morgan fingerprint density at radius 2 is 2.36 bits per heavy atom. The van der Waals surface area contributed by atoms with Crippen LogP contribution in [-0.2, 0) is 6.42 Å². The average molecular weight is 188 g/mol. The predicted molar refractivity (Wildman–Crippen MR) is 57.6 cm³/mol. The molecular weight excluding hydrogens is 176 g/mol. The van der Waals surface area contributed by atoms with E-state index in [1.54, 1.807) is 6.20 Å². The summed E-state index contributed by atoms with van der Waals surface area (Å²) in [6.45, 7) is 5.66. The summed E-state index contributed by atoms with van der Waals surface area (Å²) in [7, 11) is 0. The molecule has 0 radical (unpaired) electrons. The van der Waals surface area contributed by atoms with Gasteiger partial charge in [0, 0.05) is 11.9 Å². The van der Waals surface area contributed by atoms with Gasteiger partial charge in [0.1, 0.15) is 0 Å². The maximum atomic E-state index is 11.6. The first-order valence-electron chi connectivity index (χ1n) is 4.53. The molecule has 0 bridgehead atoms. The molecule has 0 aliphatic heterocycles. The second-order valence-electron chi connectivity index (χ2n) is 3.32. The monoisotopic (exact) mass is 188 g/mol. The van der Waals surface area contributed by atoms with E-state index in [4.69, 9.17) is 0 Å². The highest BCUT2D eigenvalue weighted by Crippen LogP contribution is 2.18. The van der Waals surface area contributed by atoms with Gasteiger partial charge in [-0.15, -0.1) is 6.58 Å². The Kier molecular flexibility index (Phi) is 2.00. The predicted octanol–water partition coefficient (Wildman–Crippen LogP) is 1.89. The van der Waals surface area contributed by atoms with Gasteiger partial charge in [0.25, 0.3) is 5.56 Å². The van der Waals surface area contributed by atoms with Crippen LogP contribution >= 0.6 is 0 Å². The van der Waals surface area contributed by atoms with E-state index in [2.05, 4.69) is 16.5 Å². The van der Waals surface area contributed by atoms with Crippen molar-refractivity contribution in [3.8, 4) is 0 Å². The molecule has 0 saturated heterocycles. The Balaban J connectivity index is 2.86. The Morgan fingerprint density at radius 3 is 3.07 bits per heavy atom. The molecule has 0 fully saturated rings. The number of rotatable bonds is 2. The molecule has 14 heavy (non-hydrogen) atoms. The van der Waals surface area contributed by atoms with Gasteiger partial charge >= 0.3 is 0 Å². The van der Waals surface area contributed by atoms with Crippen LogP contribution in [0.1, 0.15) is 11.3 Å².